The van der Waals surface area contributed by atoms with E-state index in [2.05, 4.69) is 46.6 Å². The van der Waals surface area contributed by atoms with E-state index in [1.807, 2.05) is 13.2 Å². The number of hydrogen-bond acceptors (Lipinski definition) is 6. The number of carbonyl (C=O) groups is 1. The number of rotatable bonds is 9. The van der Waals surface area contributed by atoms with Crippen LogP contribution in [0.1, 0.15) is 61.3 Å². The molecular weight excluding hydrogens is 504 g/mol. The van der Waals surface area contributed by atoms with Gasteiger partial charge in [-0.1, -0.05) is 36.4 Å². The Labute approximate surface area is 236 Å². The largest absolute Gasteiger partial charge is 0.493 e. The van der Waals surface area contributed by atoms with Gasteiger partial charge in [0.25, 0.3) is 0 Å². The molecule has 0 radical (unpaired) electrons. The molecule has 2 spiro atoms. The molecule has 9 rings (SSSR count). The second kappa shape index (κ2) is 8.70. The quantitative estimate of drug-likeness (QED) is 0.486. The molecule has 7 atom stereocenters. The molecule has 5 fully saturated rings. The second-order valence-electron chi connectivity index (χ2n) is 13.3. The van der Waals surface area contributed by atoms with E-state index in [4.69, 9.17) is 14.2 Å². The first-order chi connectivity index (χ1) is 19.5. The summed E-state index contributed by atoms with van der Waals surface area (Å²) in [5, 5.41) is 13.2. The number of piperidine rings is 1. The summed E-state index contributed by atoms with van der Waals surface area (Å²) >= 11 is 0. The zero-order chi connectivity index (χ0) is 27.3. The summed E-state index contributed by atoms with van der Waals surface area (Å²) in [6.07, 6.45) is 7.72. The van der Waals surface area contributed by atoms with Gasteiger partial charge in [-0.15, -0.1) is 0 Å². The molecule has 212 valence electrons. The molecule has 0 amide bonds. The smallest absolute Gasteiger partial charge is 0.317 e. The second-order valence-corrected chi connectivity index (χ2v) is 13.3. The average Bonchev–Trinajstić information content (AvgIpc) is 3.72. The lowest BCUT2D eigenvalue weighted by molar-refractivity contribution is -0.282. The number of fused-ring (bicyclic) bond motifs is 2. The van der Waals surface area contributed by atoms with Crippen LogP contribution in [-0.4, -0.2) is 67.6 Å². The summed E-state index contributed by atoms with van der Waals surface area (Å²) in [6, 6.07) is 15.1. The number of carboxylic acids is 1. The first-order valence-corrected chi connectivity index (χ1v) is 15.1. The summed E-state index contributed by atoms with van der Waals surface area (Å²) < 4.78 is 19.8. The van der Waals surface area contributed by atoms with Gasteiger partial charge in [-0.25, -0.2) is 0 Å². The third-order valence-corrected chi connectivity index (χ3v) is 12.0. The number of nitrogens with one attached hydrogen (secondary N) is 1. The molecule has 40 heavy (non-hydrogen) atoms. The number of ether oxygens (including phenoxy) is 3. The molecule has 2 aliphatic heterocycles. The predicted octanol–water partition coefficient (Wildman–Crippen LogP) is 4.34. The van der Waals surface area contributed by atoms with Gasteiger partial charge in [0.15, 0.2) is 11.5 Å². The van der Waals surface area contributed by atoms with Crippen LogP contribution in [-0.2, 0) is 21.4 Å². The first-order valence-electron chi connectivity index (χ1n) is 15.1. The third-order valence-electron chi connectivity index (χ3n) is 12.0. The number of benzene rings is 2. The minimum absolute atomic E-state index is 0.0400. The molecule has 7 heteroatoms. The Morgan fingerprint density at radius 1 is 1.15 bits per heavy atom. The molecule has 2 N–H and O–H groups in total. The van der Waals surface area contributed by atoms with Crippen LogP contribution in [0.2, 0.25) is 0 Å². The number of likely N-dealkylation sites (tertiary alicyclic amines) is 1. The Morgan fingerprint density at radius 3 is 2.70 bits per heavy atom. The lowest BCUT2D eigenvalue weighted by Crippen LogP contribution is -2.81. The van der Waals surface area contributed by atoms with Gasteiger partial charge in [-0.3, -0.25) is 15.0 Å². The summed E-state index contributed by atoms with van der Waals surface area (Å²) in [4.78, 5) is 14.7. The van der Waals surface area contributed by atoms with E-state index in [0.29, 0.717) is 6.04 Å². The van der Waals surface area contributed by atoms with Crippen LogP contribution in [0.3, 0.4) is 0 Å². The SMILES string of the molecule is COc1ccc2c3c1O[C@@H]1[C@]34CCN(CC3CC3)[C@H](C2)[C@]42CC[C@@]1(OC)C([C@@H](NCC(=O)O)c1ccccc1)C2. The van der Waals surface area contributed by atoms with Crippen molar-refractivity contribution < 1.29 is 24.1 Å². The molecule has 0 aromatic heterocycles. The van der Waals surface area contributed by atoms with Gasteiger partial charge in [-0.05, 0) is 74.6 Å². The van der Waals surface area contributed by atoms with E-state index >= 15 is 0 Å². The fraction of sp³-hybridized carbons (Fsp3) is 0.606. The Bertz CT molecular complexity index is 1350. The summed E-state index contributed by atoms with van der Waals surface area (Å²) in [7, 11) is 3.60. The summed E-state index contributed by atoms with van der Waals surface area (Å²) in [6.45, 7) is 2.21. The molecule has 1 saturated heterocycles. The number of methoxy groups -OCH3 is 2. The van der Waals surface area contributed by atoms with Crippen LogP contribution in [0, 0.1) is 17.3 Å². The van der Waals surface area contributed by atoms with Gasteiger partial charge in [0.1, 0.15) is 11.7 Å². The van der Waals surface area contributed by atoms with Gasteiger partial charge >= 0.3 is 5.97 Å². The number of aliphatic carboxylic acids is 1. The molecule has 2 heterocycles. The first kappa shape index (κ1) is 25.1. The van der Waals surface area contributed by atoms with E-state index in [1.165, 1.54) is 30.5 Å². The van der Waals surface area contributed by atoms with Gasteiger partial charge in [0.05, 0.1) is 13.7 Å². The van der Waals surface area contributed by atoms with E-state index < -0.39 is 11.6 Å². The molecule has 4 bridgehead atoms. The van der Waals surface area contributed by atoms with Crippen molar-refractivity contribution in [3.8, 4) is 11.5 Å². The minimum Gasteiger partial charge on any atom is -0.493 e. The molecule has 5 aliphatic carbocycles. The minimum atomic E-state index is -0.841. The maximum atomic E-state index is 11.8. The van der Waals surface area contributed by atoms with Crippen LogP contribution in [0.15, 0.2) is 42.5 Å². The number of hydrogen-bond donors (Lipinski definition) is 2. The lowest BCUT2D eigenvalue weighted by atomic mass is 9.34. The van der Waals surface area contributed by atoms with E-state index in [1.54, 1.807) is 7.11 Å². The van der Waals surface area contributed by atoms with Crippen molar-refractivity contribution in [1.29, 1.82) is 0 Å². The Hall–Kier alpha value is -2.61. The van der Waals surface area contributed by atoms with Crippen molar-refractivity contribution in [2.45, 2.75) is 74.1 Å². The molecule has 4 saturated carbocycles. The standard InChI is InChI=1S/C33H40N2O5/c1-38-24-11-10-22-16-25-31-12-13-33(39-2,23(17-31)28(34-18-26(36)37)21-6-4-3-5-7-21)30-32(31,27(22)29(24)40-30)14-15-35(25)19-20-8-9-20/h3-7,10-11,20,23,25,28,30,34H,8-9,12-19H2,1-2H3,(H,36,37)/t23?,25-,28+,30-,31-,32+,33-/m1/s1. The number of nitrogens with zero attached hydrogens (tertiary/aromatic N) is 1. The fourth-order valence-electron chi connectivity index (χ4n) is 10.3. The average molecular weight is 545 g/mol. The zero-order valence-electron chi connectivity index (χ0n) is 23.5. The van der Waals surface area contributed by atoms with Gasteiger partial charge in [-0.2, -0.15) is 0 Å². The van der Waals surface area contributed by atoms with Gasteiger partial charge < -0.3 is 19.3 Å². The Balaban J connectivity index is 1.32. The van der Waals surface area contributed by atoms with Crippen LogP contribution in [0.5, 0.6) is 11.5 Å². The van der Waals surface area contributed by atoms with E-state index in [-0.39, 0.29) is 35.4 Å². The maximum absolute atomic E-state index is 11.8. The van der Waals surface area contributed by atoms with Gasteiger partial charge in [0, 0.05) is 48.0 Å². The molecular formula is C33H40N2O5. The van der Waals surface area contributed by atoms with Gasteiger partial charge in [0.2, 0.25) is 0 Å². The highest BCUT2D eigenvalue weighted by molar-refractivity contribution is 5.69. The van der Waals surface area contributed by atoms with Crippen LogP contribution in [0.4, 0.5) is 0 Å². The molecule has 2 aromatic rings. The van der Waals surface area contributed by atoms with Crippen molar-refractivity contribution >= 4 is 5.97 Å². The summed E-state index contributed by atoms with van der Waals surface area (Å²) in [5.74, 6) is 1.82. The maximum Gasteiger partial charge on any atom is 0.317 e. The highest BCUT2D eigenvalue weighted by Crippen LogP contribution is 2.77. The normalized spacial score (nSPS) is 37.5. The fourth-order valence-corrected chi connectivity index (χ4v) is 10.3. The van der Waals surface area contributed by atoms with Crippen molar-refractivity contribution in [3.05, 3.63) is 59.2 Å². The Morgan fingerprint density at radius 2 is 1.98 bits per heavy atom. The highest BCUT2D eigenvalue weighted by Gasteiger charge is 2.81. The van der Waals surface area contributed by atoms with Crippen LogP contribution >= 0.6 is 0 Å². The molecule has 1 unspecified atom stereocenters. The number of carboxylic acid groups (broad SMARTS) is 1. The van der Waals surface area contributed by atoms with Crippen molar-refractivity contribution in [1.82, 2.24) is 10.2 Å². The van der Waals surface area contributed by atoms with E-state index in [0.717, 1.165) is 61.6 Å². The topological polar surface area (TPSA) is 80.3 Å². The van der Waals surface area contributed by atoms with Crippen LogP contribution in [0.25, 0.3) is 0 Å². The van der Waals surface area contributed by atoms with Crippen molar-refractivity contribution in [2.75, 3.05) is 33.9 Å². The predicted molar refractivity (Wildman–Crippen MR) is 150 cm³/mol. The van der Waals surface area contributed by atoms with Crippen molar-refractivity contribution in [3.63, 3.8) is 0 Å². The molecule has 7 aliphatic rings. The third kappa shape index (κ3) is 3.09. The lowest BCUT2D eigenvalue weighted by Gasteiger charge is -2.74. The monoisotopic (exact) mass is 544 g/mol. The Kier molecular flexibility index (Phi) is 5.46. The van der Waals surface area contributed by atoms with Crippen LogP contribution < -0.4 is 14.8 Å². The van der Waals surface area contributed by atoms with Crippen molar-refractivity contribution in [2.24, 2.45) is 17.3 Å². The highest BCUT2D eigenvalue weighted by atomic mass is 16.6. The van der Waals surface area contributed by atoms with E-state index in [9.17, 15) is 9.90 Å². The summed E-state index contributed by atoms with van der Waals surface area (Å²) in [5.41, 5.74) is 3.32. The molecule has 2 aromatic carbocycles. The molecule has 7 nitrogen and oxygen atoms in total. The zero-order valence-corrected chi connectivity index (χ0v) is 23.5.